The summed E-state index contributed by atoms with van der Waals surface area (Å²) in [5.41, 5.74) is 0.990. The van der Waals surface area contributed by atoms with Crippen molar-refractivity contribution in [2.24, 2.45) is 5.92 Å². The molecule has 4 heteroatoms. The van der Waals surface area contributed by atoms with Gasteiger partial charge >= 0.3 is 0 Å². The molecule has 0 unspecified atom stereocenters. The van der Waals surface area contributed by atoms with Crippen LogP contribution in [0.25, 0.3) is 6.08 Å². The summed E-state index contributed by atoms with van der Waals surface area (Å²) in [6.07, 6.45) is 8.92. The minimum Gasteiger partial charge on any atom is -0.493 e. The van der Waals surface area contributed by atoms with E-state index in [9.17, 15) is 4.79 Å². The molecule has 1 aliphatic heterocycles. The Labute approximate surface area is 142 Å². The monoisotopic (exact) mass is 322 g/mol. The predicted octanol–water partition coefficient (Wildman–Crippen LogP) is 3.41. The average Bonchev–Trinajstić information content (AvgIpc) is 2.66. The Bertz CT molecular complexity index is 663. The SMILES string of the molecule is O=C(/C=C/c1ccncc1)N1CCC(COc2ccccc2)CC1. The molecule has 0 radical (unpaired) electrons. The topological polar surface area (TPSA) is 42.4 Å². The minimum absolute atomic E-state index is 0.0780. The zero-order valence-corrected chi connectivity index (χ0v) is 13.7. The van der Waals surface area contributed by atoms with Crippen LogP contribution in [0.15, 0.2) is 60.9 Å². The van der Waals surface area contributed by atoms with E-state index in [1.165, 1.54) is 0 Å². The van der Waals surface area contributed by atoms with E-state index in [2.05, 4.69) is 4.98 Å². The van der Waals surface area contributed by atoms with Crippen LogP contribution in [-0.2, 0) is 4.79 Å². The maximum Gasteiger partial charge on any atom is 0.246 e. The first-order chi connectivity index (χ1) is 11.8. The van der Waals surface area contributed by atoms with Gasteiger partial charge in [-0.15, -0.1) is 0 Å². The van der Waals surface area contributed by atoms with Crippen LogP contribution in [0.2, 0.25) is 0 Å². The van der Waals surface area contributed by atoms with Gasteiger partial charge in [0.2, 0.25) is 5.91 Å². The summed E-state index contributed by atoms with van der Waals surface area (Å²) in [6, 6.07) is 13.7. The lowest BCUT2D eigenvalue weighted by Crippen LogP contribution is -2.38. The largest absolute Gasteiger partial charge is 0.493 e. The third-order valence-corrected chi connectivity index (χ3v) is 4.28. The van der Waals surface area contributed by atoms with Crippen LogP contribution in [0.3, 0.4) is 0 Å². The number of hydrogen-bond donors (Lipinski definition) is 0. The van der Waals surface area contributed by atoms with Gasteiger partial charge in [0.05, 0.1) is 6.61 Å². The molecule has 1 aliphatic rings. The van der Waals surface area contributed by atoms with E-state index in [0.717, 1.165) is 43.9 Å². The first kappa shape index (κ1) is 16.2. The second kappa shape index (κ2) is 8.29. The highest BCUT2D eigenvalue weighted by Gasteiger charge is 2.21. The molecule has 1 aromatic heterocycles. The Morgan fingerprint density at radius 1 is 1.12 bits per heavy atom. The Hall–Kier alpha value is -2.62. The van der Waals surface area contributed by atoms with Gasteiger partial charge in [0.15, 0.2) is 0 Å². The fraction of sp³-hybridized carbons (Fsp3) is 0.300. The number of hydrogen-bond acceptors (Lipinski definition) is 3. The fourth-order valence-corrected chi connectivity index (χ4v) is 2.80. The highest BCUT2D eigenvalue weighted by molar-refractivity contribution is 5.91. The van der Waals surface area contributed by atoms with Gasteiger partial charge in [-0.1, -0.05) is 18.2 Å². The van der Waals surface area contributed by atoms with E-state index in [0.29, 0.717) is 5.92 Å². The Kier molecular flexibility index (Phi) is 5.61. The second-order valence-electron chi connectivity index (χ2n) is 6.01. The van der Waals surface area contributed by atoms with E-state index in [-0.39, 0.29) is 5.91 Å². The van der Waals surface area contributed by atoms with Crippen molar-refractivity contribution in [3.63, 3.8) is 0 Å². The number of ether oxygens (including phenoxy) is 1. The number of para-hydroxylation sites is 1. The summed E-state index contributed by atoms with van der Waals surface area (Å²) in [6.45, 7) is 2.31. The molecule has 0 N–H and O–H groups in total. The molecule has 24 heavy (non-hydrogen) atoms. The summed E-state index contributed by atoms with van der Waals surface area (Å²) in [4.78, 5) is 18.1. The smallest absolute Gasteiger partial charge is 0.246 e. The third kappa shape index (κ3) is 4.69. The van der Waals surface area contributed by atoms with Gasteiger partial charge in [-0.05, 0) is 54.7 Å². The zero-order chi connectivity index (χ0) is 16.6. The molecule has 0 spiro atoms. The zero-order valence-electron chi connectivity index (χ0n) is 13.7. The minimum atomic E-state index is 0.0780. The van der Waals surface area contributed by atoms with Gasteiger partial charge in [-0.25, -0.2) is 0 Å². The summed E-state index contributed by atoms with van der Waals surface area (Å²) in [5.74, 6) is 1.50. The number of carbonyl (C=O) groups is 1. The summed E-state index contributed by atoms with van der Waals surface area (Å²) < 4.78 is 5.82. The molecule has 2 aromatic rings. The van der Waals surface area contributed by atoms with E-state index in [4.69, 9.17) is 4.74 Å². The molecule has 1 amide bonds. The highest BCUT2D eigenvalue weighted by Crippen LogP contribution is 2.19. The van der Waals surface area contributed by atoms with Crippen molar-refractivity contribution >= 4 is 12.0 Å². The second-order valence-corrected chi connectivity index (χ2v) is 6.01. The number of likely N-dealkylation sites (tertiary alicyclic amines) is 1. The van der Waals surface area contributed by atoms with Crippen molar-refractivity contribution < 1.29 is 9.53 Å². The molecule has 1 fully saturated rings. The number of piperidine rings is 1. The van der Waals surface area contributed by atoms with Crippen molar-refractivity contribution in [1.82, 2.24) is 9.88 Å². The van der Waals surface area contributed by atoms with Crippen molar-refractivity contribution in [2.75, 3.05) is 19.7 Å². The lowest BCUT2D eigenvalue weighted by molar-refractivity contribution is -0.127. The summed E-state index contributed by atoms with van der Waals surface area (Å²) in [7, 11) is 0. The quantitative estimate of drug-likeness (QED) is 0.792. The fourth-order valence-electron chi connectivity index (χ4n) is 2.80. The molecule has 0 aliphatic carbocycles. The number of benzene rings is 1. The van der Waals surface area contributed by atoms with Crippen LogP contribution in [0.1, 0.15) is 18.4 Å². The molecule has 4 nitrogen and oxygen atoms in total. The summed E-state index contributed by atoms with van der Waals surface area (Å²) >= 11 is 0. The first-order valence-electron chi connectivity index (χ1n) is 8.36. The Morgan fingerprint density at radius 2 is 1.83 bits per heavy atom. The lowest BCUT2D eigenvalue weighted by atomic mass is 9.97. The van der Waals surface area contributed by atoms with Gasteiger partial charge in [-0.3, -0.25) is 9.78 Å². The number of rotatable bonds is 5. The number of nitrogens with zero attached hydrogens (tertiary/aromatic N) is 2. The molecule has 0 saturated carbocycles. The molecule has 3 rings (SSSR count). The molecule has 1 aromatic carbocycles. The lowest BCUT2D eigenvalue weighted by Gasteiger charge is -2.31. The van der Waals surface area contributed by atoms with Crippen LogP contribution >= 0.6 is 0 Å². The van der Waals surface area contributed by atoms with E-state index >= 15 is 0 Å². The van der Waals surface area contributed by atoms with Gasteiger partial charge in [0, 0.05) is 31.6 Å². The highest BCUT2D eigenvalue weighted by atomic mass is 16.5. The molecule has 124 valence electrons. The van der Waals surface area contributed by atoms with E-state index in [1.807, 2.05) is 53.4 Å². The molecular formula is C20H22N2O2. The van der Waals surface area contributed by atoms with Crippen LogP contribution in [-0.4, -0.2) is 35.5 Å². The molecule has 0 bridgehead atoms. The Balaban J connectivity index is 1.43. The molecule has 2 heterocycles. The van der Waals surface area contributed by atoms with Crippen molar-refractivity contribution in [3.05, 3.63) is 66.5 Å². The van der Waals surface area contributed by atoms with Gasteiger partial charge in [-0.2, -0.15) is 0 Å². The van der Waals surface area contributed by atoms with Crippen LogP contribution < -0.4 is 4.74 Å². The molecule has 1 saturated heterocycles. The number of aromatic nitrogens is 1. The molecular weight excluding hydrogens is 300 g/mol. The van der Waals surface area contributed by atoms with Crippen molar-refractivity contribution in [3.8, 4) is 5.75 Å². The maximum absolute atomic E-state index is 12.2. The van der Waals surface area contributed by atoms with Gasteiger partial charge < -0.3 is 9.64 Å². The number of carbonyl (C=O) groups excluding carboxylic acids is 1. The van der Waals surface area contributed by atoms with Gasteiger partial charge in [0.1, 0.15) is 5.75 Å². The van der Waals surface area contributed by atoms with E-state index in [1.54, 1.807) is 18.5 Å². The first-order valence-corrected chi connectivity index (χ1v) is 8.36. The van der Waals surface area contributed by atoms with Gasteiger partial charge in [0.25, 0.3) is 0 Å². The van der Waals surface area contributed by atoms with Crippen LogP contribution in [0, 0.1) is 5.92 Å². The standard InChI is InChI=1S/C20H22N2O2/c23-20(7-6-17-8-12-21-13-9-17)22-14-10-18(11-15-22)16-24-19-4-2-1-3-5-19/h1-9,12-13,18H,10-11,14-16H2/b7-6+. The van der Waals surface area contributed by atoms with Crippen molar-refractivity contribution in [1.29, 1.82) is 0 Å². The molecule has 0 atom stereocenters. The summed E-state index contributed by atoms with van der Waals surface area (Å²) in [5, 5.41) is 0. The Morgan fingerprint density at radius 3 is 2.54 bits per heavy atom. The van der Waals surface area contributed by atoms with Crippen LogP contribution in [0.4, 0.5) is 0 Å². The predicted molar refractivity (Wildman–Crippen MR) is 94.5 cm³/mol. The number of pyridine rings is 1. The maximum atomic E-state index is 12.2. The third-order valence-electron chi connectivity index (χ3n) is 4.28. The van der Waals surface area contributed by atoms with Crippen LogP contribution in [0.5, 0.6) is 5.75 Å². The normalized spacial score (nSPS) is 15.6. The average molecular weight is 322 g/mol. The number of amides is 1. The van der Waals surface area contributed by atoms with E-state index < -0.39 is 0 Å². The van der Waals surface area contributed by atoms with Crippen molar-refractivity contribution in [2.45, 2.75) is 12.8 Å².